The minimum Gasteiger partial charge on any atom is -0.486 e. The van der Waals surface area contributed by atoms with Crippen LogP contribution in [0.1, 0.15) is 27.2 Å². The van der Waals surface area contributed by atoms with Gasteiger partial charge in [-0.25, -0.2) is 0 Å². The molecular formula is C15H22N2O3. The second kappa shape index (κ2) is 6.13. The number of nitrogens with one attached hydrogen (secondary N) is 2. The Morgan fingerprint density at radius 3 is 2.65 bits per heavy atom. The molecule has 0 fully saturated rings. The minimum atomic E-state index is -0.0665. The molecule has 0 atom stereocenters. The van der Waals surface area contributed by atoms with E-state index in [1.807, 2.05) is 12.1 Å². The summed E-state index contributed by atoms with van der Waals surface area (Å²) in [7, 11) is 0. The van der Waals surface area contributed by atoms with Gasteiger partial charge in [0.1, 0.15) is 13.2 Å². The fraction of sp³-hybridized carbons (Fsp3) is 0.533. The molecule has 0 aliphatic carbocycles. The molecule has 2 rings (SSSR count). The molecule has 20 heavy (non-hydrogen) atoms. The van der Waals surface area contributed by atoms with E-state index in [-0.39, 0.29) is 18.0 Å². The molecule has 0 saturated carbocycles. The van der Waals surface area contributed by atoms with Crippen LogP contribution in [-0.2, 0) is 4.79 Å². The van der Waals surface area contributed by atoms with Crippen molar-refractivity contribution in [2.45, 2.75) is 32.7 Å². The van der Waals surface area contributed by atoms with Crippen LogP contribution in [0.5, 0.6) is 11.5 Å². The molecule has 110 valence electrons. The topological polar surface area (TPSA) is 59.6 Å². The Bertz CT molecular complexity index is 486. The van der Waals surface area contributed by atoms with Gasteiger partial charge in [0.15, 0.2) is 11.5 Å². The maximum Gasteiger partial charge on any atom is 0.238 e. The number of hydrogen-bond donors (Lipinski definition) is 2. The van der Waals surface area contributed by atoms with Crippen molar-refractivity contribution in [3.63, 3.8) is 0 Å². The van der Waals surface area contributed by atoms with Crippen molar-refractivity contribution in [1.29, 1.82) is 0 Å². The molecule has 0 unspecified atom stereocenters. The van der Waals surface area contributed by atoms with E-state index in [1.54, 1.807) is 6.07 Å². The summed E-state index contributed by atoms with van der Waals surface area (Å²) in [5, 5.41) is 6.07. The summed E-state index contributed by atoms with van der Waals surface area (Å²) in [5.74, 6) is 1.33. The summed E-state index contributed by atoms with van der Waals surface area (Å²) in [6, 6.07) is 5.42. The maximum absolute atomic E-state index is 11.9. The number of benzene rings is 1. The highest BCUT2D eigenvalue weighted by molar-refractivity contribution is 5.92. The molecule has 1 aliphatic heterocycles. The first-order chi connectivity index (χ1) is 9.50. The molecule has 5 nitrogen and oxygen atoms in total. The number of amides is 1. The van der Waals surface area contributed by atoms with Crippen molar-refractivity contribution >= 4 is 11.6 Å². The van der Waals surface area contributed by atoms with Crippen LogP contribution in [0.2, 0.25) is 0 Å². The zero-order chi connectivity index (χ0) is 14.6. The van der Waals surface area contributed by atoms with Crippen LogP contribution in [-0.4, -0.2) is 31.2 Å². The molecule has 1 amide bonds. The van der Waals surface area contributed by atoms with Crippen molar-refractivity contribution in [1.82, 2.24) is 5.32 Å². The van der Waals surface area contributed by atoms with Crippen molar-refractivity contribution in [3.05, 3.63) is 18.2 Å². The van der Waals surface area contributed by atoms with E-state index < -0.39 is 0 Å². The normalized spacial score (nSPS) is 13.9. The molecule has 1 aliphatic rings. The first-order valence-corrected chi connectivity index (χ1v) is 6.95. The zero-order valence-electron chi connectivity index (χ0n) is 12.3. The highest BCUT2D eigenvalue weighted by Gasteiger charge is 2.16. The lowest BCUT2D eigenvalue weighted by atomic mass is 10.0. The van der Waals surface area contributed by atoms with Gasteiger partial charge in [-0.3, -0.25) is 4.79 Å². The van der Waals surface area contributed by atoms with Gasteiger partial charge in [-0.15, -0.1) is 0 Å². The number of fused-ring (bicyclic) bond motifs is 1. The molecule has 1 aromatic carbocycles. The Hall–Kier alpha value is -1.75. The molecule has 1 aromatic rings. The SMILES string of the molecule is CCC(C)(C)NCC(=O)Nc1ccc2c(c1)OCCO2. The van der Waals surface area contributed by atoms with Crippen LogP contribution in [0.15, 0.2) is 18.2 Å². The molecule has 5 heteroatoms. The van der Waals surface area contributed by atoms with Crippen LogP contribution in [0.25, 0.3) is 0 Å². The van der Waals surface area contributed by atoms with Crippen LogP contribution in [0.3, 0.4) is 0 Å². The van der Waals surface area contributed by atoms with E-state index in [2.05, 4.69) is 31.4 Å². The summed E-state index contributed by atoms with van der Waals surface area (Å²) in [4.78, 5) is 11.9. The first-order valence-electron chi connectivity index (χ1n) is 6.95. The number of anilines is 1. The van der Waals surface area contributed by atoms with E-state index in [0.717, 1.165) is 17.9 Å². The van der Waals surface area contributed by atoms with Crippen molar-refractivity contribution < 1.29 is 14.3 Å². The van der Waals surface area contributed by atoms with Gasteiger partial charge in [0.25, 0.3) is 0 Å². The van der Waals surface area contributed by atoms with E-state index in [4.69, 9.17) is 9.47 Å². The Balaban J connectivity index is 1.91. The summed E-state index contributed by atoms with van der Waals surface area (Å²) >= 11 is 0. The van der Waals surface area contributed by atoms with Crippen molar-refractivity contribution in [3.8, 4) is 11.5 Å². The van der Waals surface area contributed by atoms with Gasteiger partial charge in [0.05, 0.1) is 6.54 Å². The quantitative estimate of drug-likeness (QED) is 0.866. The van der Waals surface area contributed by atoms with Crippen molar-refractivity contribution in [2.75, 3.05) is 25.1 Å². The standard InChI is InChI=1S/C15H22N2O3/c1-4-15(2,3)16-10-14(18)17-11-5-6-12-13(9-11)20-8-7-19-12/h5-6,9,16H,4,7-8,10H2,1-3H3,(H,17,18). The summed E-state index contributed by atoms with van der Waals surface area (Å²) in [5.41, 5.74) is 0.680. The van der Waals surface area contributed by atoms with Gasteiger partial charge in [-0.05, 0) is 32.4 Å². The lowest BCUT2D eigenvalue weighted by molar-refractivity contribution is -0.115. The van der Waals surface area contributed by atoms with Crippen LogP contribution < -0.4 is 20.1 Å². The molecule has 1 heterocycles. The molecule has 0 radical (unpaired) electrons. The highest BCUT2D eigenvalue weighted by Crippen LogP contribution is 2.32. The molecule has 0 spiro atoms. The average Bonchev–Trinajstić information content (AvgIpc) is 2.45. The fourth-order valence-electron chi connectivity index (χ4n) is 1.77. The van der Waals surface area contributed by atoms with Gasteiger partial charge in [0.2, 0.25) is 5.91 Å². The number of carbonyl (C=O) groups is 1. The summed E-state index contributed by atoms with van der Waals surface area (Å²) < 4.78 is 10.9. The third-order valence-electron chi connectivity index (χ3n) is 3.44. The predicted octanol–water partition coefficient (Wildman–Crippen LogP) is 2.17. The molecule has 0 aromatic heterocycles. The summed E-state index contributed by atoms with van der Waals surface area (Å²) in [6.45, 7) is 7.63. The number of hydrogen-bond acceptors (Lipinski definition) is 4. The fourth-order valence-corrected chi connectivity index (χ4v) is 1.77. The van der Waals surface area contributed by atoms with Crippen LogP contribution in [0, 0.1) is 0 Å². The van der Waals surface area contributed by atoms with E-state index in [1.165, 1.54) is 0 Å². The van der Waals surface area contributed by atoms with Gasteiger partial charge >= 0.3 is 0 Å². The van der Waals surface area contributed by atoms with E-state index >= 15 is 0 Å². The van der Waals surface area contributed by atoms with Crippen molar-refractivity contribution in [2.24, 2.45) is 0 Å². The smallest absolute Gasteiger partial charge is 0.238 e. The Kier molecular flexibility index (Phi) is 4.49. The lowest BCUT2D eigenvalue weighted by Crippen LogP contribution is -2.43. The van der Waals surface area contributed by atoms with Crippen LogP contribution >= 0.6 is 0 Å². The molecule has 0 bridgehead atoms. The predicted molar refractivity (Wildman–Crippen MR) is 78.4 cm³/mol. The average molecular weight is 278 g/mol. The third kappa shape index (κ3) is 3.87. The highest BCUT2D eigenvalue weighted by atomic mass is 16.6. The number of carbonyl (C=O) groups excluding carboxylic acids is 1. The second-order valence-corrected chi connectivity index (χ2v) is 5.50. The van der Waals surface area contributed by atoms with Gasteiger partial charge in [-0.1, -0.05) is 6.92 Å². The molecule has 2 N–H and O–H groups in total. The number of rotatable bonds is 5. The minimum absolute atomic E-state index is 0.0376. The van der Waals surface area contributed by atoms with E-state index in [9.17, 15) is 4.79 Å². The van der Waals surface area contributed by atoms with Gasteiger partial charge < -0.3 is 20.1 Å². The van der Waals surface area contributed by atoms with Gasteiger partial charge in [-0.2, -0.15) is 0 Å². The largest absolute Gasteiger partial charge is 0.486 e. The lowest BCUT2D eigenvalue weighted by Gasteiger charge is -2.24. The zero-order valence-corrected chi connectivity index (χ0v) is 12.3. The Morgan fingerprint density at radius 1 is 1.25 bits per heavy atom. The maximum atomic E-state index is 11.9. The third-order valence-corrected chi connectivity index (χ3v) is 3.44. The monoisotopic (exact) mass is 278 g/mol. The van der Waals surface area contributed by atoms with Crippen LogP contribution in [0.4, 0.5) is 5.69 Å². The van der Waals surface area contributed by atoms with Gasteiger partial charge in [0, 0.05) is 17.3 Å². The second-order valence-electron chi connectivity index (χ2n) is 5.50. The first kappa shape index (κ1) is 14.7. The van der Waals surface area contributed by atoms with E-state index in [0.29, 0.717) is 19.0 Å². The Morgan fingerprint density at radius 2 is 1.95 bits per heavy atom. The number of ether oxygens (including phenoxy) is 2. The Labute approximate surface area is 119 Å². The molecule has 0 saturated heterocycles. The summed E-state index contributed by atoms with van der Waals surface area (Å²) in [6.07, 6.45) is 0.963. The molecular weight excluding hydrogens is 256 g/mol.